The zero-order valence-corrected chi connectivity index (χ0v) is 18.8. The summed E-state index contributed by atoms with van der Waals surface area (Å²) in [5.74, 6) is -2.16. The van der Waals surface area contributed by atoms with E-state index in [9.17, 15) is 31.4 Å². The molecule has 0 aliphatic carbocycles. The van der Waals surface area contributed by atoms with Gasteiger partial charge in [-0.25, -0.2) is 18.4 Å². The van der Waals surface area contributed by atoms with Crippen LogP contribution in [-0.2, 0) is 12.1 Å². The molecule has 0 saturated heterocycles. The maximum absolute atomic E-state index is 14.8. The number of nitrogens with zero attached hydrogens (tertiary/aromatic N) is 5. The van der Waals surface area contributed by atoms with Crippen LogP contribution < -0.4 is 9.64 Å². The minimum absolute atomic E-state index is 0.139. The van der Waals surface area contributed by atoms with Crippen LogP contribution in [0, 0.1) is 11.6 Å². The van der Waals surface area contributed by atoms with E-state index in [-0.39, 0.29) is 18.8 Å². The van der Waals surface area contributed by atoms with Gasteiger partial charge in [0.15, 0.2) is 0 Å². The fraction of sp³-hybridized carbons (Fsp3) is 0.304. The van der Waals surface area contributed by atoms with Crippen molar-refractivity contribution in [3.05, 3.63) is 84.7 Å². The highest BCUT2D eigenvalue weighted by Gasteiger charge is 2.44. The number of ether oxygens (including phenoxy) is 1. The number of aromatic nitrogens is 3. The van der Waals surface area contributed by atoms with Gasteiger partial charge < -0.3 is 19.6 Å². The van der Waals surface area contributed by atoms with Gasteiger partial charge in [-0.3, -0.25) is 0 Å². The van der Waals surface area contributed by atoms with Crippen LogP contribution in [-0.4, -0.2) is 50.0 Å². The van der Waals surface area contributed by atoms with E-state index in [1.807, 2.05) is 0 Å². The molecule has 36 heavy (non-hydrogen) atoms. The Morgan fingerprint density at radius 1 is 1.08 bits per heavy atom. The third-order valence-corrected chi connectivity index (χ3v) is 5.89. The second-order valence-electron chi connectivity index (χ2n) is 8.20. The van der Waals surface area contributed by atoms with Crippen molar-refractivity contribution in [1.82, 2.24) is 19.7 Å². The van der Waals surface area contributed by atoms with E-state index in [1.54, 1.807) is 29.1 Å². The number of benzene rings is 2. The molecule has 0 bridgehead atoms. The lowest BCUT2D eigenvalue weighted by Crippen LogP contribution is -2.50. The summed E-state index contributed by atoms with van der Waals surface area (Å²) >= 11 is 0. The van der Waals surface area contributed by atoms with E-state index >= 15 is 0 Å². The third-order valence-electron chi connectivity index (χ3n) is 5.89. The fourth-order valence-electron chi connectivity index (χ4n) is 3.88. The van der Waals surface area contributed by atoms with Gasteiger partial charge in [0, 0.05) is 29.7 Å². The first-order chi connectivity index (χ1) is 17.0. The van der Waals surface area contributed by atoms with Crippen molar-refractivity contribution in [3.8, 4) is 5.75 Å². The standard InChI is InChI=1S/C23H21F6N5O2/c1-15(22(35,11-34-13-30-12-31-34)19-7-2-16(24)10-20(19)25)32-8-9-33(14-32)17-3-5-18(6-4-17)36-23(28,29)21(26)27/h2-10,12-13,15,21,35H,11,14H2,1H3/t15-,22-/m1/s1. The number of aliphatic hydroxyl groups is 1. The minimum atomic E-state index is -4.62. The van der Waals surface area contributed by atoms with Crippen molar-refractivity contribution in [2.45, 2.75) is 37.6 Å². The van der Waals surface area contributed by atoms with Gasteiger partial charge in [0.2, 0.25) is 0 Å². The van der Waals surface area contributed by atoms with Gasteiger partial charge in [0.25, 0.3) is 0 Å². The van der Waals surface area contributed by atoms with Gasteiger partial charge >= 0.3 is 12.5 Å². The van der Waals surface area contributed by atoms with Crippen LogP contribution in [0.4, 0.5) is 32.0 Å². The molecule has 3 aromatic rings. The molecule has 0 saturated carbocycles. The Bertz CT molecular complexity index is 1210. The Balaban J connectivity index is 1.53. The highest BCUT2D eigenvalue weighted by molar-refractivity contribution is 5.52. The molecule has 0 radical (unpaired) electrons. The fourth-order valence-corrected chi connectivity index (χ4v) is 3.88. The normalized spacial score (nSPS) is 16.5. The van der Waals surface area contributed by atoms with E-state index in [0.29, 0.717) is 11.8 Å². The van der Waals surface area contributed by atoms with Crippen LogP contribution in [0.5, 0.6) is 5.75 Å². The van der Waals surface area contributed by atoms with Crippen LogP contribution in [0.2, 0.25) is 0 Å². The summed E-state index contributed by atoms with van der Waals surface area (Å²) in [6, 6.07) is 7.18. The highest BCUT2D eigenvalue weighted by Crippen LogP contribution is 2.35. The van der Waals surface area contributed by atoms with E-state index in [2.05, 4.69) is 14.8 Å². The van der Waals surface area contributed by atoms with Crippen molar-refractivity contribution in [1.29, 1.82) is 0 Å². The lowest BCUT2D eigenvalue weighted by molar-refractivity contribution is -0.253. The number of anilines is 1. The zero-order chi connectivity index (χ0) is 26.1. The van der Waals surface area contributed by atoms with Crippen LogP contribution in [0.1, 0.15) is 12.5 Å². The number of hydrogen-bond acceptors (Lipinski definition) is 6. The summed E-state index contributed by atoms with van der Waals surface area (Å²) in [4.78, 5) is 7.21. The van der Waals surface area contributed by atoms with E-state index in [0.717, 1.165) is 18.2 Å². The Morgan fingerprint density at radius 3 is 2.42 bits per heavy atom. The van der Waals surface area contributed by atoms with E-state index in [1.165, 1.54) is 35.5 Å². The topological polar surface area (TPSA) is 66.7 Å². The summed E-state index contributed by atoms with van der Waals surface area (Å²) in [6.45, 7) is 1.62. The predicted octanol–water partition coefficient (Wildman–Crippen LogP) is 4.32. The Kier molecular flexibility index (Phi) is 6.85. The first kappa shape index (κ1) is 25.4. The smallest absolute Gasteiger partial charge is 0.428 e. The van der Waals surface area contributed by atoms with Gasteiger partial charge in [0.1, 0.15) is 35.6 Å². The van der Waals surface area contributed by atoms with Crippen LogP contribution in [0.3, 0.4) is 0 Å². The second-order valence-corrected chi connectivity index (χ2v) is 8.20. The van der Waals surface area contributed by atoms with Crippen molar-refractivity contribution < 1.29 is 36.2 Å². The molecule has 1 N–H and O–H groups in total. The van der Waals surface area contributed by atoms with Gasteiger partial charge in [0.05, 0.1) is 19.3 Å². The molecule has 13 heteroatoms. The van der Waals surface area contributed by atoms with Crippen LogP contribution in [0.15, 0.2) is 67.5 Å². The van der Waals surface area contributed by atoms with Crippen molar-refractivity contribution in [3.63, 3.8) is 0 Å². The Morgan fingerprint density at radius 2 is 1.81 bits per heavy atom. The number of rotatable bonds is 9. The molecule has 2 heterocycles. The van der Waals surface area contributed by atoms with Gasteiger partial charge in [-0.2, -0.15) is 22.7 Å². The zero-order valence-electron chi connectivity index (χ0n) is 18.8. The lowest BCUT2D eigenvalue weighted by Gasteiger charge is -2.40. The van der Waals surface area contributed by atoms with Gasteiger partial charge in [-0.1, -0.05) is 6.07 Å². The van der Waals surface area contributed by atoms with Gasteiger partial charge in [-0.05, 0) is 37.3 Å². The maximum atomic E-state index is 14.8. The SMILES string of the molecule is C[C@@H](N1C=CN(c2ccc(OC(F)(F)C(F)F)cc2)C1)[C@](O)(Cn1cncn1)c1ccc(F)cc1F. The molecule has 0 fully saturated rings. The van der Waals surface area contributed by atoms with Crippen molar-refractivity contribution >= 4 is 5.69 Å². The Hall–Kier alpha value is -3.74. The van der Waals surface area contributed by atoms with Crippen molar-refractivity contribution in [2.75, 3.05) is 11.6 Å². The average molecular weight is 513 g/mol. The molecule has 7 nitrogen and oxygen atoms in total. The molecule has 2 aromatic carbocycles. The first-order valence-corrected chi connectivity index (χ1v) is 10.7. The molecule has 2 atom stereocenters. The van der Waals surface area contributed by atoms with Crippen molar-refractivity contribution in [2.24, 2.45) is 0 Å². The summed E-state index contributed by atoms with van der Waals surface area (Å²) in [6.07, 6.45) is -2.72. The Labute approximate surface area is 201 Å². The summed E-state index contributed by atoms with van der Waals surface area (Å²) < 4.78 is 84.7. The summed E-state index contributed by atoms with van der Waals surface area (Å²) in [5.41, 5.74) is -1.49. The second kappa shape index (κ2) is 9.72. The largest absolute Gasteiger partial charge is 0.461 e. The van der Waals surface area contributed by atoms with Gasteiger partial charge in [-0.15, -0.1) is 0 Å². The van der Waals surface area contributed by atoms with Crippen LogP contribution >= 0.6 is 0 Å². The monoisotopic (exact) mass is 513 g/mol. The number of halogens is 6. The third kappa shape index (κ3) is 5.10. The summed E-state index contributed by atoms with van der Waals surface area (Å²) in [5, 5.41) is 15.7. The average Bonchev–Trinajstić information content (AvgIpc) is 3.51. The quantitative estimate of drug-likeness (QED) is 0.430. The molecule has 0 spiro atoms. The van der Waals surface area contributed by atoms with E-state index in [4.69, 9.17) is 0 Å². The molecule has 192 valence electrons. The maximum Gasteiger partial charge on any atom is 0.461 e. The minimum Gasteiger partial charge on any atom is -0.428 e. The predicted molar refractivity (Wildman–Crippen MR) is 116 cm³/mol. The molecule has 1 aliphatic rings. The number of hydrogen-bond donors (Lipinski definition) is 1. The van der Waals surface area contributed by atoms with E-state index < -0.39 is 41.6 Å². The molecular weight excluding hydrogens is 492 g/mol. The molecule has 4 rings (SSSR count). The van der Waals surface area contributed by atoms with Crippen LogP contribution in [0.25, 0.3) is 0 Å². The molecular formula is C23H21F6N5O2. The first-order valence-electron chi connectivity index (χ1n) is 10.7. The molecule has 0 amide bonds. The number of alkyl halides is 4. The molecule has 0 unspecified atom stereocenters. The highest BCUT2D eigenvalue weighted by atomic mass is 19.3. The molecule has 1 aromatic heterocycles. The summed E-state index contributed by atoms with van der Waals surface area (Å²) in [7, 11) is 0. The lowest BCUT2D eigenvalue weighted by atomic mass is 9.85. The molecule has 1 aliphatic heterocycles.